The van der Waals surface area contributed by atoms with Gasteiger partial charge in [-0.15, -0.1) is 24.8 Å². The molecule has 0 N–H and O–H groups in total. The highest BCUT2D eigenvalue weighted by atomic mass is 35.5. The molecular weight excluding hydrogens is 645 g/mol. The molecule has 0 aromatic carbocycles. The molecule has 6 atom stereocenters. The standard InChI is InChI=1S/C37H51N7O2.2ClH/c1-25-22-30-28-9-8-26-23-27(45)10-12-36(26,2)29(28)11-13-37(30,3)32(25)31(46)24-41-18-20-44(21-19-41)35-39-33(42-14-4-5-15-42)38-34(40-35)43-16-6-7-17-43;;/h10-12,23,25,28,30,32H,4-9,13-22,24H2,1-3H3;2*1H/t25-,28-,30+,32-,36+,37+;;/m1../s1. The van der Waals surface area contributed by atoms with Crippen LogP contribution >= 0.6 is 24.8 Å². The highest BCUT2D eigenvalue weighted by Gasteiger charge is 2.59. The Morgan fingerprint density at radius 1 is 0.854 bits per heavy atom. The Morgan fingerprint density at radius 3 is 2.00 bits per heavy atom. The van der Waals surface area contributed by atoms with E-state index in [9.17, 15) is 9.59 Å². The van der Waals surface area contributed by atoms with E-state index >= 15 is 0 Å². The van der Waals surface area contributed by atoms with Gasteiger partial charge in [-0.2, -0.15) is 15.0 Å². The van der Waals surface area contributed by atoms with Gasteiger partial charge in [-0.25, -0.2) is 0 Å². The summed E-state index contributed by atoms with van der Waals surface area (Å²) in [6.07, 6.45) is 17.2. The van der Waals surface area contributed by atoms with E-state index in [1.807, 2.05) is 6.08 Å². The smallest absolute Gasteiger partial charge is 0.232 e. The molecule has 4 heterocycles. The van der Waals surface area contributed by atoms with Gasteiger partial charge in [0.1, 0.15) is 0 Å². The number of aromatic nitrogens is 3. The number of carbonyl (C=O) groups excluding carboxylic acids is 2. The molecule has 0 spiro atoms. The average molecular weight is 699 g/mol. The Labute approximate surface area is 298 Å². The highest BCUT2D eigenvalue weighted by molar-refractivity contribution is 6.01. The molecule has 0 unspecified atom stereocenters. The van der Waals surface area contributed by atoms with Crippen LogP contribution in [0.15, 0.2) is 35.5 Å². The minimum absolute atomic E-state index is 0. The summed E-state index contributed by atoms with van der Waals surface area (Å²) in [4.78, 5) is 50.6. The number of anilines is 3. The summed E-state index contributed by atoms with van der Waals surface area (Å²) in [6.45, 7) is 15.0. The van der Waals surface area contributed by atoms with Crippen molar-refractivity contribution in [3.05, 3.63) is 35.5 Å². The van der Waals surface area contributed by atoms with Gasteiger partial charge in [0.25, 0.3) is 0 Å². The van der Waals surface area contributed by atoms with Crippen molar-refractivity contribution in [1.82, 2.24) is 19.9 Å². The molecule has 3 aliphatic heterocycles. The lowest BCUT2D eigenvalue weighted by atomic mass is 9.52. The maximum atomic E-state index is 14.2. The maximum absolute atomic E-state index is 14.2. The van der Waals surface area contributed by atoms with Gasteiger partial charge in [-0.1, -0.05) is 37.1 Å². The van der Waals surface area contributed by atoms with E-state index in [2.05, 4.69) is 52.5 Å². The molecule has 5 fully saturated rings. The number of fused-ring (bicyclic) bond motifs is 5. The number of carbonyl (C=O) groups is 2. The maximum Gasteiger partial charge on any atom is 0.232 e. The zero-order valence-corrected chi connectivity index (χ0v) is 30.5. The third-order valence-electron chi connectivity index (χ3n) is 13.0. The van der Waals surface area contributed by atoms with Gasteiger partial charge in [0.15, 0.2) is 11.6 Å². The summed E-state index contributed by atoms with van der Waals surface area (Å²) in [6, 6.07) is 0. The molecule has 0 amide bonds. The zero-order valence-electron chi connectivity index (χ0n) is 28.9. The predicted molar refractivity (Wildman–Crippen MR) is 196 cm³/mol. The number of Topliss-reactive ketones (excluding diaryl/α,β-unsaturated/α-hetero) is 1. The van der Waals surface area contributed by atoms with E-state index in [0.717, 1.165) is 95.9 Å². The van der Waals surface area contributed by atoms with Crippen molar-refractivity contribution < 1.29 is 9.59 Å². The van der Waals surface area contributed by atoms with Crippen LogP contribution in [-0.2, 0) is 9.59 Å². The van der Waals surface area contributed by atoms with Crippen LogP contribution in [0.4, 0.5) is 17.8 Å². The predicted octanol–water partition coefficient (Wildman–Crippen LogP) is 5.70. The lowest BCUT2D eigenvalue weighted by Crippen LogP contribution is -2.51. The van der Waals surface area contributed by atoms with E-state index < -0.39 is 0 Å². The van der Waals surface area contributed by atoms with E-state index in [-0.39, 0.29) is 47.3 Å². The van der Waals surface area contributed by atoms with Crippen LogP contribution in [0.1, 0.15) is 72.1 Å². The first-order chi connectivity index (χ1) is 22.2. The lowest BCUT2D eigenvalue weighted by Gasteiger charge is -2.52. The number of allylic oxidation sites excluding steroid dienone is 6. The highest BCUT2D eigenvalue weighted by Crippen LogP contribution is 2.65. The Bertz CT molecular complexity index is 1460. The van der Waals surface area contributed by atoms with Crippen LogP contribution in [0.3, 0.4) is 0 Å². The molecule has 262 valence electrons. The van der Waals surface area contributed by atoms with Crippen LogP contribution < -0.4 is 14.7 Å². The van der Waals surface area contributed by atoms with Gasteiger partial charge in [-0.05, 0) is 93.6 Å². The lowest BCUT2D eigenvalue weighted by molar-refractivity contribution is -0.129. The van der Waals surface area contributed by atoms with Crippen molar-refractivity contribution in [3.8, 4) is 0 Å². The second-order valence-corrected chi connectivity index (χ2v) is 15.8. The molecule has 4 aliphatic carbocycles. The Hall–Kier alpha value is -2.49. The minimum Gasteiger partial charge on any atom is -0.341 e. The normalized spacial score (nSPS) is 34.5. The monoisotopic (exact) mass is 697 g/mol. The minimum atomic E-state index is -0.133. The third-order valence-corrected chi connectivity index (χ3v) is 13.0. The number of hydrogen-bond acceptors (Lipinski definition) is 9. The molecular formula is C37H53Cl2N7O2. The van der Waals surface area contributed by atoms with Gasteiger partial charge < -0.3 is 14.7 Å². The Balaban J connectivity index is 0.00000201. The van der Waals surface area contributed by atoms with Gasteiger partial charge in [-0.3, -0.25) is 14.5 Å². The molecule has 1 aromatic rings. The Morgan fingerprint density at radius 2 is 1.42 bits per heavy atom. The van der Waals surface area contributed by atoms with Gasteiger partial charge in [0.2, 0.25) is 17.8 Å². The number of ketones is 2. The van der Waals surface area contributed by atoms with Crippen LogP contribution in [0.25, 0.3) is 0 Å². The molecule has 3 saturated heterocycles. The summed E-state index contributed by atoms with van der Waals surface area (Å²) >= 11 is 0. The fourth-order valence-corrected chi connectivity index (χ4v) is 10.6. The second kappa shape index (κ2) is 13.7. The molecule has 11 heteroatoms. The number of nitrogens with zero attached hydrogens (tertiary/aromatic N) is 7. The summed E-state index contributed by atoms with van der Waals surface area (Å²) in [7, 11) is 0. The largest absolute Gasteiger partial charge is 0.341 e. The fourth-order valence-electron chi connectivity index (χ4n) is 10.6. The summed E-state index contributed by atoms with van der Waals surface area (Å²) < 4.78 is 0. The van der Waals surface area contributed by atoms with E-state index in [1.54, 1.807) is 6.08 Å². The molecule has 2 saturated carbocycles. The zero-order chi connectivity index (χ0) is 31.6. The molecule has 7 aliphatic rings. The molecule has 9 nitrogen and oxygen atoms in total. The second-order valence-electron chi connectivity index (χ2n) is 15.8. The average Bonchev–Trinajstić information content (AvgIpc) is 3.83. The van der Waals surface area contributed by atoms with Gasteiger partial charge >= 0.3 is 0 Å². The van der Waals surface area contributed by atoms with Gasteiger partial charge in [0, 0.05) is 63.7 Å². The molecule has 1 aromatic heterocycles. The van der Waals surface area contributed by atoms with Crippen molar-refractivity contribution in [2.45, 2.75) is 72.1 Å². The molecule has 0 bridgehead atoms. The van der Waals surface area contributed by atoms with E-state index in [4.69, 9.17) is 15.0 Å². The number of rotatable bonds is 6. The van der Waals surface area contributed by atoms with Crippen LogP contribution in [0.5, 0.6) is 0 Å². The van der Waals surface area contributed by atoms with Crippen LogP contribution in [0, 0.1) is 34.5 Å². The van der Waals surface area contributed by atoms with E-state index in [1.165, 1.54) is 36.8 Å². The SMILES string of the molecule is C[C@@H]1C[C@H]2[C@@H]3CCC4=CC(=O)C=C[C@]4(C)C3=CC[C@]2(C)[C@H]1C(=O)CN1CCN(c2nc(N3CCCC3)nc(N3CCCC3)n2)CC1.Cl.Cl. The number of piperazine rings is 1. The van der Waals surface area contributed by atoms with Crippen LogP contribution in [0.2, 0.25) is 0 Å². The van der Waals surface area contributed by atoms with E-state index in [0.29, 0.717) is 30.1 Å². The molecule has 48 heavy (non-hydrogen) atoms. The van der Waals surface area contributed by atoms with Crippen molar-refractivity contribution >= 4 is 54.2 Å². The van der Waals surface area contributed by atoms with Crippen molar-refractivity contribution in [1.29, 1.82) is 0 Å². The summed E-state index contributed by atoms with van der Waals surface area (Å²) in [5.41, 5.74) is 2.65. The number of halogens is 2. The van der Waals surface area contributed by atoms with Crippen LogP contribution in [-0.4, -0.2) is 90.3 Å². The third kappa shape index (κ3) is 6.00. The molecule has 8 rings (SSSR count). The quantitative estimate of drug-likeness (QED) is 0.348. The van der Waals surface area contributed by atoms with Gasteiger partial charge in [0.05, 0.1) is 6.54 Å². The Kier molecular flexibility index (Phi) is 10.1. The first kappa shape index (κ1) is 35.3. The topological polar surface area (TPSA) is 85.8 Å². The first-order valence-corrected chi connectivity index (χ1v) is 18.1. The summed E-state index contributed by atoms with van der Waals surface area (Å²) in [5, 5.41) is 0. The summed E-state index contributed by atoms with van der Waals surface area (Å²) in [5.74, 6) is 4.52. The number of hydrogen-bond donors (Lipinski definition) is 0. The fraction of sp³-hybridized carbons (Fsp3) is 0.703. The van der Waals surface area contributed by atoms with Crippen molar-refractivity contribution in [3.63, 3.8) is 0 Å². The first-order valence-electron chi connectivity index (χ1n) is 18.1. The molecule has 0 radical (unpaired) electrons. The van der Waals surface area contributed by atoms with Crippen molar-refractivity contribution in [2.75, 3.05) is 73.6 Å². The van der Waals surface area contributed by atoms with Crippen molar-refractivity contribution in [2.24, 2.45) is 34.5 Å².